The molecule has 0 spiro atoms. The molecule has 0 aromatic carbocycles. The zero-order valence-corrected chi connectivity index (χ0v) is 9.76. The van der Waals surface area contributed by atoms with Crippen LogP contribution in [0.25, 0.3) is 16.9 Å². The van der Waals surface area contributed by atoms with Crippen LogP contribution in [-0.4, -0.2) is 25.0 Å². The van der Waals surface area contributed by atoms with Gasteiger partial charge in [-0.05, 0) is 25.1 Å². The average Bonchev–Trinajstić information content (AvgIpc) is 2.76. The lowest BCUT2D eigenvalue weighted by atomic mass is 10.3. The quantitative estimate of drug-likeness (QED) is 0.659. The summed E-state index contributed by atoms with van der Waals surface area (Å²) in [5.41, 5.74) is 1.43. The number of nitrogens with zero attached hydrogens (tertiary/aromatic N) is 5. The standard InChI is InChI=1S/C11H8ClN5/c1-7-6-14-17(16-7)10-3-2-8-9(12)4-5-13-11(8)15-10/h2-6H,1H3. The summed E-state index contributed by atoms with van der Waals surface area (Å²) in [5.74, 6) is 0.625. The Labute approximate surface area is 102 Å². The number of rotatable bonds is 1. The molecule has 6 heteroatoms. The van der Waals surface area contributed by atoms with Gasteiger partial charge in [-0.2, -0.15) is 10.2 Å². The zero-order valence-electron chi connectivity index (χ0n) is 9.00. The molecule has 0 aliphatic rings. The summed E-state index contributed by atoms with van der Waals surface area (Å²) in [6.45, 7) is 1.87. The summed E-state index contributed by atoms with van der Waals surface area (Å²) < 4.78 is 0. The molecule has 0 aliphatic heterocycles. The first kappa shape index (κ1) is 10.2. The van der Waals surface area contributed by atoms with E-state index in [1.165, 1.54) is 4.80 Å². The van der Waals surface area contributed by atoms with Crippen LogP contribution in [-0.2, 0) is 0 Å². The minimum Gasteiger partial charge on any atom is -0.236 e. The summed E-state index contributed by atoms with van der Waals surface area (Å²) in [4.78, 5) is 10.0. The minimum atomic E-state index is 0.588. The van der Waals surface area contributed by atoms with E-state index < -0.39 is 0 Å². The number of aryl methyl sites for hydroxylation is 1. The van der Waals surface area contributed by atoms with E-state index in [4.69, 9.17) is 11.6 Å². The van der Waals surface area contributed by atoms with Gasteiger partial charge in [0.15, 0.2) is 11.5 Å². The lowest BCUT2D eigenvalue weighted by Gasteiger charge is -2.01. The molecule has 0 N–H and O–H groups in total. The Morgan fingerprint density at radius 2 is 2.12 bits per heavy atom. The summed E-state index contributed by atoms with van der Waals surface area (Å²) in [6, 6.07) is 5.42. The Kier molecular flexibility index (Phi) is 2.26. The minimum absolute atomic E-state index is 0.588. The highest BCUT2D eigenvalue weighted by Gasteiger charge is 2.05. The maximum Gasteiger partial charge on any atom is 0.176 e. The molecular formula is C11H8ClN5. The van der Waals surface area contributed by atoms with Gasteiger partial charge in [0, 0.05) is 11.6 Å². The first-order chi connectivity index (χ1) is 8.24. The van der Waals surface area contributed by atoms with E-state index in [9.17, 15) is 0 Å². The van der Waals surface area contributed by atoms with Crippen LogP contribution in [0.1, 0.15) is 5.69 Å². The van der Waals surface area contributed by atoms with Crippen LogP contribution in [0.2, 0.25) is 5.02 Å². The van der Waals surface area contributed by atoms with Gasteiger partial charge in [0.2, 0.25) is 0 Å². The monoisotopic (exact) mass is 245 g/mol. The van der Waals surface area contributed by atoms with Crippen molar-refractivity contribution in [3.05, 3.63) is 41.3 Å². The van der Waals surface area contributed by atoms with Crippen molar-refractivity contribution < 1.29 is 0 Å². The molecule has 0 fully saturated rings. The molecule has 3 rings (SSSR count). The number of fused-ring (bicyclic) bond motifs is 1. The first-order valence-corrected chi connectivity index (χ1v) is 5.42. The molecule has 0 aliphatic carbocycles. The Balaban J connectivity index is 2.20. The summed E-state index contributed by atoms with van der Waals surface area (Å²) in [5, 5.41) is 9.75. The largest absolute Gasteiger partial charge is 0.236 e. The lowest BCUT2D eigenvalue weighted by Crippen LogP contribution is -2.02. The molecule has 0 saturated carbocycles. The molecule has 0 bridgehead atoms. The second-order valence-corrected chi connectivity index (χ2v) is 4.02. The molecule has 3 heterocycles. The summed E-state index contributed by atoms with van der Waals surface area (Å²) in [7, 11) is 0. The van der Waals surface area contributed by atoms with Crippen LogP contribution in [0.4, 0.5) is 0 Å². The van der Waals surface area contributed by atoms with E-state index in [0.717, 1.165) is 11.1 Å². The van der Waals surface area contributed by atoms with Crippen LogP contribution < -0.4 is 0 Å². The van der Waals surface area contributed by atoms with E-state index in [1.54, 1.807) is 18.5 Å². The number of halogens is 1. The van der Waals surface area contributed by atoms with Gasteiger partial charge in [0.25, 0.3) is 0 Å². The van der Waals surface area contributed by atoms with Gasteiger partial charge < -0.3 is 0 Å². The van der Waals surface area contributed by atoms with Gasteiger partial charge in [-0.3, -0.25) is 0 Å². The third-order valence-electron chi connectivity index (χ3n) is 2.35. The topological polar surface area (TPSA) is 56.5 Å². The molecule has 84 valence electrons. The van der Waals surface area contributed by atoms with Crippen LogP contribution in [0, 0.1) is 6.92 Å². The third kappa shape index (κ3) is 1.74. The van der Waals surface area contributed by atoms with Crippen molar-refractivity contribution in [3.63, 3.8) is 0 Å². The number of pyridine rings is 2. The molecule has 0 amide bonds. The Morgan fingerprint density at radius 1 is 1.24 bits per heavy atom. The van der Waals surface area contributed by atoms with Crippen molar-refractivity contribution in [2.45, 2.75) is 6.92 Å². The molecule has 5 nitrogen and oxygen atoms in total. The van der Waals surface area contributed by atoms with Crippen LogP contribution in [0.5, 0.6) is 0 Å². The maximum absolute atomic E-state index is 6.04. The smallest absolute Gasteiger partial charge is 0.176 e. The van der Waals surface area contributed by atoms with Gasteiger partial charge in [0.05, 0.1) is 16.9 Å². The number of hydrogen-bond acceptors (Lipinski definition) is 4. The average molecular weight is 246 g/mol. The van der Waals surface area contributed by atoms with E-state index in [2.05, 4.69) is 20.2 Å². The van der Waals surface area contributed by atoms with Gasteiger partial charge in [-0.15, -0.1) is 4.80 Å². The summed E-state index contributed by atoms with van der Waals surface area (Å²) in [6.07, 6.45) is 3.31. The van der Waals surface area contributed by atoms with Gasteiger partial charge in [-0.25, -0.2) is 9.97 Å². The molecule has 0 radical (unpaired) electrons. The fourth-order valence-corrected chi connectivity index (χ4v) is 1.75. The van der Waals surface area contributed by atoms with Gasteiger partial charge >= 0.3 is 0 Å². The third-order valence-corrected chi connectivity index (χ3v) is 2.68. The predicted molar refractivity (Wildman–Crippen MR) is 64.2 cm³/mol. The fourth-order valence-electron chi connectivity index (χ4n) is 1.55. The molecular weight excluding hydrogens is 238 g/mol. The molecule has 17 heavy (non-hydrogen) atoms. The normalized spacial score (nSPS) is 10.9. The molecule has 0 unspecified atom stereocenters. The van der Waals surface area contributed by atoms with E-state index in [0.29, 0.717) is 16.5 Å². The second-order valence-electron chi connectivity index (χ2n) is 3.61. The number of aromatic nitrogens is 5. The van der Waals surface area contributed by atoms with Crippen LogP contribution >= 0.6 is 11.6 Å². The fraction of sp³-hybridized carbons (Fsp3) is 0.0909. The Bertz CT molecular complexity index is 691. The highest BCUT2D eigenvalue weighted by atomic mass is 35.5. The van der Waals surface area contributed by atoms with Crippen LogP contribution in [0.3, 0.4) is 0 Å². The highest BCUT2D eigenvalue weighted by Crippen LogP contribution is 2.20. The van der Waals surface area contributed by atoms with Crippen molar-refractivity contribution >= 4 is 22.6 Å². The van der Waals surface area contributed by atoms with Crippen molar-refractivity contribution in [1.29, 1.82) is 0 Å². The molecule has 0 atom stereocenters. The van der Waals surface area contributed by atoms with Crippen molar-refractivity contribution in [2.24, 2.45) is 0 Å². The molecule has 3 aromatic rings. The summed E-state index contributed by atoms with van der Waals surface area (Å²) >= 11 is 6.04. The van der Waals surface area contributed by atoms with Gasteiger partial charge in [0.1, 0.15) is 0 Å². The lowest BCUT2D eigenvalue weighted by molar-refractivity contribution is 0.726. The van der Waals surface area contributed by atoms with Crippen molar-refractivity contribution in [2.75, 3.05) is 0 Å². The van der Waals surface area contributed by atoms with E-state index in [1.807, 2.05) is 19.1 Å². The predicted octanol–water partition coefficient (Wildman–Crippen LogP) is 2.17. The van der Waals surface area contributed by atoms with Crippen molar-refractivity contribution in [3.8, 4) is 5.82 Å². The highest BCUT2D eigenvalue weighted by molar-refractivity contribution is 6.35. The Morgan fingerprint density at radius 3 is 2.88 bits per heavy atom. The SMILES string of the molecule is Cc1cnn(-c2ccc3c(Cl)ccnc3n2)n1. The van der Waals surface area contributed by atoms with Crippen LogP contribution in [0.15, 0.2) is 30.6 Å². The molecule has 3 aromatic heterocycles. The van der Waals surface area contributed by atoms with Gasteiger partial charge in [-0.1, -0.05) is 11.6 Å². The zero-order chi connectivity index (χ0) is 11.8. The second kappa shape index (κ2) is 3.78. The molecule has 0 saturated heterocycles. The Hall–Kier alpha value is -2.01. The first-order valence-electron chi connectivity index (χ1n) is 5.04. The maximum atomic E-state index is 6.04. The van der Waals surface area contributed by atoms with E-state index in [-0.39, 0.29) is 0 Å². The number of hydrogen-bond donors (Lipinski definition) is 0. The van der Waals surface area contributed by atoms with Crippen molar-refractivity contribution in [1.82, 2.24) is 25.0 Å². The van der Waals surface area contributed by atoms with E-state index >= 15 is 0 Å².